The zero-order valence-electron chi connectivity index (χ0n) is 13.4. The summed E-state index contributed by atoms with van der Waals surface area (Å²) in [6.45, 7) is 0. The predicted molar refractivity (Wildman–Crippen MR) is 99.4 cm³/mol. The molecular weight excluding hydrogens is 442 g/mol. The van der Waals surface area contributed by atoms with Gasteiger partial charge in [0.25, 0.3) is 0 Å². The normalized spacial score (nSPS) is 29.8. The van der Waals surface area contributed by atoms with E-state index in [9.17, 15) is 9.59 Å². The second-order valence-corrected chi connectivity index (χ2v) is 9.82. The Kier molecular flexibility index (Phi) is 4.84. The van der Waals surface area contributed by atoms with Gasteiger partial charge in [0, 0.05) is 0 Å². The number of Topliss-reactive ketones (excluding diaryl/α,β-unsaturated/α-hetero) is 1. The van der Waals surface area contributed by atoms with Crippen LogP contribution in [0.1, 0.15) is 16.8 Å². The first-order chi connectivity index (χ1) is 12.5. The first-order valence-corrected chi connectivity index (χ1v) is 10.6. The maximum absolute atomic E-state index is 12.8. The number of esters is 1. The molecule has 7 heteroatoms. The Morgan fingerprint density at radius 1 is 1.19 bits per heavy atom. The van der Waals surface area contributed by atoms with Gasteiger partial charge in [-0.2, -0.15) is 0 Å². The first kappa shape index (κ1) is 18.0. The van der Waals surface area contributed by atoms with Crippen LogP contribution in [0.4, 0.5) is 0 Å². The summed E-state index contributed by atoms with van der Waals surface area (Å²) in [5, 5.41) is -0.263. The molecule has 0 N–H and O–H groups in total. The zero-order chi connectivity index (χ0) is 18.3. The van der Waals surface area contributed by atoms with Crippen LogP contribution in [0.15, 0.2) is 54.6 Å². The van der Waals surface area contributed by atoms with E-state index in [1.165, 1.54) is 0 Å². The van der Waals surface area contributed by atoms with E-state index in [-0.39, 0.29) is 27.2 Å². The summed E-state index contributed by atoms with van der Waals surface area (Å²) in [6.07, 6.45) is -1.03. The van der Waals surface area contributed by atoms with Crippen molar-refractivity contribution in [1.82, 2.24) is 0 Å². The number of rotatable bonds is 4. The van der Waals surface area contributed by atoms with Crippen molar-refractivity contribution in [2.24, 2.45) is 0 Å². The minimum atomic E-state index is -1.03. The fourth-order valence-electron chi connectivity index (χ4n) is 3.21. The Bertz CT molecular complexity index is 856. The van der Waals surface area contributed by atoms with E-state index >= 15 is 0 Å². The summed E-state index contributed by atoms with van der Waals surface area (Å²) in [5.74, 6) is -0.548. The Balaban J connectivity index is 1.68. The fraction of sp³-hybridized carbons (Fsp3) is 0.263. The van der Waals surface area contributed by atoms with Gasteiger partial charge >= 0.3 is 167 Å². The summed E-state index contributed by atoms with van der Waals surface area (Å²) in [7, 11) is 0. The van der Waals surface area contributed by atoms with Crippen LogP contribution in [0.3, 0.4) is 0 Å². The van der Waals surface area contributed by atoms with Crippen LogP contribution in [-0.4, -0.2) is 48.8 Å². The monoisotopic (exact) mass is 456 g/mol. The Hall–Kier alpha value is -1.36. The second-order valence-electron chi connectivity index (χ2n) is 6.15. The van der Waals surface area contributed by atoms with E-state index in [4.69, 9.17) is 32.7 Å². The molecule has 2 aliphatic heterocycles. The molecule has 0 unspecified atom stereocenters. The van der Waals surface area contributed by atoms with Crippen LogP contribution in [0.5, 0.6) is 0 Å². The van der Waals surface area contributed by atoms with Crippen LogP contribution < -0.4 is 4.46 Å². The average molecular weight is 456 g/mol. The molecule has 0 amide bonds. The van der Waals surface area contributed by atoms with E-state index in [0.717, 1.165) is 4.46 Å². The van der Waals surface area contributed by atoms with E-state index in [1.807, 2.05) is 30.3 Å². The number of hydrogen-bond donors (Lipinski definition) is 0. The number of halogens is 2. The van der Waals surface area contributed by atoms with Gasteiger partial charge in [-0.1, -0.05) is 0 Å². The van der Waals surface area contributed by atoms with Gasteiger partial charge in [0.05, 0.1) is 0 Å². The van der Waals surface area contributed by atoms with E-state index in [1.54, 1.807) is 24.3 Å². The number of benzene rings is 2. The van der Waals surface area contributed by atoms with Crippen molar-refractivity contribution >= 4 is 54.4 Å². The van der Waals surface area contributed by atoms with Gasteiger partial charge in [0.1, 0.15) is 0 Å². The van der Waals surface area contributed by atoms with Crippen molar-refractivity contribution in [1.29, 1.82) is 0 Å². The molecular formula is C19H14Cl2O4Se. The van der Waals surface area contributed by atoms with Crippen LogP contribution in [-0.2, 0) is 14.3 Å². The summed E-state index contributed by atoms with van der Waals surface area (Å²) in [4.78, 5) is 24.8. The zero-order valence-corrected chi connectivity index (χ0v) is 16.7. The molecule has 2 aromatic rings. The van der Waals surface area contributed by atoms with E-state index in [2.05, 4.69) is 0 Å². The topological polar surface area (TPSA) is 52.6 Å². The van der Waals surface area contributed by atoms with Crippen LogP contribution in [0.25, 0.3) is 0 Å². The molecule has 0 aliphatic carbocycles. The number of ketones is 1. The van der Waals surface area contributed by atoms with Crippen molar-refractivity contribution in [2.45, 2.75) is 28.5 Å². The van der Waals surface area contributed by atoms with Crippen molar-refractivity contribution in [3.63, 3.8) is 0 Å². The van der Waals surface area contributed by atoms with Gasteiger partial charge in [-0.15, -0.1) is 0 Å². The number of ether oxygens (including phenoxy) is 2. The van der Waals surface area contributed by atoms with Gasteiger partial charge in [0.15, 0.2) is 0 Å². The number of carbonyl (C=O) groups excluding carboxylic acids is 2. The first-order valence-electron chi connectivity index (χ1n) is 8.05. The van der Waals surface area contributed by atoms with Crippen LogP contribution in [0.2, 0.25) is 5.02 Å². The minimum absolute atomic E-state index is 0.0340. The van der Waals surface area contributed by atoms with Crippen molar-refractivity contribution in [3.8, 4) is 0 Å². The molecule has 4 nitrogen and oxygen atoms in total. The molecule has 2 aliphatic rings. The maximum atomic E-state index is 12.8. The quantitative estimate of drug-likeness (QED) is 0.404. The van der Waals surface area contributed by atoms with Crippen LogP contribution in [0, 0.1) is 0 Å². The molecule has 0 radical (unpaired) electrons. The van der Waals surface area contributed by atoms with Gasteiger partial charge in [0.2, 0.25) is 0 Å². The van der Waals surface area contributed by atoms with Gasteiger partial charge in [-0.3, -0.25) is 0 Å². The van der Waals surface area contributed by atoms with Crippen LogP contribution >= 0.6 is 23.2 Å². The molecule has 2 saturated heterocycles. The predicted octanol–water partition coefficient (Wildman–Crippen LogP) is 2.57. The van der Waals surface area contributed by atoms with E-state index < -0.39 is 28.1 Å². The van der Waals surface area contributed by atoms with Gasteiger partial charge < -0.3 is 0 Å². The van der Waals surface area contributed by atoms with Crippen molar-refractivity contribution in [2.75, 3.05) is 0 Å². The third-order valence-corrected chi connectivity index (χ3v) is 8.52. The molecule has 4 rings (SSSR count). The fourth-order valence-corrected chi connectivity index (χ4v) is 6.72. The molecule has 0 spiro atoms. The number of fused-ring (bicyclic) bond motifs is 2. The number of carbonyl (C=O) groups is 2. The Labute approximate surface area is 166 Å². The van der Waals surface area contributed by atoms with Crippen molar-refractivity contribution < 1.29 is 19.1 Å². The molecule has 134 valence electrons. The molecule has 2 fully saturated rings. The summed E-state index contributed by atoms with van der Waals surface area (Å²) >= 11 is 12.3. The summed E-state index contributed by atoms with van der Waals surface area (Å²) in [6, 6.07) is 16.3. The SMILES string of the molecule is O=C(O[C@@]1([Se]c2ccccc2)[C@H](Cl)[C@H]2O[C@@H]1CC2=O)c1cccc(Cl)c1. The summed E-state index contributed by atoms with van der Waals surface area (Å²) in [5.41, 5.74) is 0.346. The molecule has 0 aromatic heterocycles. The van der Waals surface area contributed by atoms with Gasteiger partial charge in [-0.25, -0.2) is 0 Å². The van der Waals surface area contributed by atoms with Gasteiger partial charge in [-0.05, 0) is 0 Å². The number of alkyl halides is 1. The summed E-state index contributed by atoms with van der Waals surface area (Å²) < 4.78 is 11.7. The Morgan fingerprint density at radius 3 is 2.62 bits per heavy atom. The molecule has 2 aromatic carbocycles. The molecule has 0 saturated carbocycles. The second kappa shape index (κ2) is 6.99. The molecule has 2 heterocycles. The third-order valence-electron chi connectivity index (χ3n) is 4.45. The van der Waals surface area contributed by atoms with Crippen molar-refractivity contribution in [3.05, 3.63) is 65.2 Å². The number of hydrogen-bond acceptors (Lipinski definition) is 4. The standard InChI is InChI=1S/C19H14Cl2O4Se/c20-12-6-4-5-11(9-12)18(23)25-19(26-13-7-2-1-3-8-13)15-10-14(22)16(24-15)17(19)21/h1-9,15-17H,10H2/t15-,16+,17-,19+/m1/s1. The molecule has 4 atom stereocenters. The van der Waals surface area contributed by atoms with E-state index in [0.29, 0.717) is 10.6 Å². The third kappa shape index (κ3) is 3.08. The average Bonchev–Trinajstić information content (AvgIpc) is 3.13. The Morgan fingerprint density at radius 2 is 1.96 bits per heavy atom. The molecule has 26 heavy (non-hydrogen) atoms. The molecule has 2 bridgehead atoms.